The number of anilines is 1. The first kappa shape index (κ1) is 24.9. The predicted molar refractivity (Wildman–Crippen MR) is 141 cm³/mol. The van der Waals surface area contributed by atoms with Gasteiger partial charge in [-0.1, -0.05) is 72.8 Å². The van der Waals surface area contributed by atoms with Crippen LogP contribution in [-0.4, -0.2) is 41.2 Å². The molecule has 1 aliphatic rings. The molecule has 1 aromatic heterocycles. The van der Waals surface area contributed by atoms with Gasteiger partial charge in [-0.05, 0) is 33.2 Å². The maximum absolute atomic E-state index is 13.1. The molecule has 3 aromatic carbocycles. The summed E-state index contributed by atoms with van der Waals surface area (Å²) in [4.78, 5) is 39.6. The number of hydrogen-bond acceptors (Lipinski definition) is 5. The monoisotopic (exact) mass is 511 g/mol. The van der Waals surface area contributed by atoms with Gasteiger partial charge in [0.05, 0.1) is 13.0 Å². The minimum atomic E-state index is -0.937. The van der Waals surface area contributed by atoms with Crippen molar-refractivity contribution in [3.05, 3.63) is 112 Å². The number of nitrogens with one attached hydrogen (secondary N) is 2. The number of morpholine rings is 1. The third kappa shape index (κ3) is 5.96. The summed E-state index contributed by atoms with van der Waals surface area (Å²) in [5, 5.41) is 5.40. The molecule has 2 amide bonds. The number of rotatable bonds is 8. The van der Waals surface area contributed by atoms with Gasteiger partial charge in [-0.3, -0.25) is 14.1 Å². The molecule has 2 heterocycles. The molecule has 1 aliphatic heterocycles. The first-order valence-electron chi connectivity index (χ1n) is 12.3. The molecule has 4 aromatic rings. The van der Waals surface area contributed by atoms with Gasteiger partial charge in [0.1, 0.15) is 12.6 Å². The second kappa shape index (κ2) is 11.5. The highest BCUT2D eigenvalue weighted by Gasteiger charge is 2.35. The summed E-state index contributed by atoms with van der Waals surface area (Å²) in [6, 6.07) is 26.6. The lowest BCUT2D eigenvalue weighted by atomic mass is 10.1. The Morgan fingerprint density at radius 2 is 1.61 bits per heavy atom. The van der Waals surface area contributed by atoms with Gasteiger partial charge >= 0.3 is 11.3 Å². The van der Waals surface area contributed by atoms with Crippen molar-refractivity contribution in [3.8, 4) is 5.69 Å². The van der Waals surface area contributed by atoms with Gasteiger partial charge in [0.15, 0.2) is 0 Å². The van der Waals surface area contributed by atoms with Crippen LogP contribution in [0.5, 0.6) is 0 Å². The van der Waals surface area contributed by atoms with Crippen LogP contribution in [0, 0.1) is 0 Å². The van der Waals surface area contributed by atoms with Crippen molar-refractivity contribution in [1.29, 1.82) is 0 Å². The summed E-state index contributed by atoms with van der Waals surface area (Å²) >= 11 is 0. The van der Waals surface area contributed by atoms with Gasteiger partial charge in [0.25, 0.3) is 5.91 Å². The number of amides is 2. The molecule has 38 heavy (non-hydrogen) atoms. The van der Waals surface area contributed by atoms with E-state index in [4.69, 9.17) is 9.26 Å². The van der Waals surface area contributed by atoms with E-state index in [1.807, 2.05) is 97.1 Å². The average Bonchev–Trinajstić information content (AvgIpc) is 3.31. The zero-order valence-corrected chi connectivity index (χ0v) is 20.6. The number of H-pyrrole nitrogens is 1. The Morgan fingerprint density at radius 3 is 2.32 bits per heavy atom. The molecule has 9 heteroatoms. The first-order chi connectivity index (χ1) is 18.6. The second-order valence-corrected chi connectivity index (χ2v) is 8.84. The molecule has 0 spiro atoms. The summed E-state index contributed by atoms with van der Waals surface area (Å²) in [5.41, 5.74) is 3.13. The Kier molecular flexibility index (Phi) is 7.56. The smallest absolute Gasteiger partial charge is 0.366 e. The molecule has 1 saturated heterocycles. The molecule has 1 unspecified atom stereocenters. The zero-order chi connectivity index (χ0) is 26.3. The summed E-state index contributed by atoms with van der Waals surface area (Å²) in [6.07, 6.45) is 2.94. The molecular weight excluding hydrogens is 484 g/mol. The van der Waals surface area contributed by atoms with Crippen molar-refractivity contribution in [2.75, 3.05) is 18.5 Å². The first-order valence-corrected chi connectivity index (χ1v) is 12.3. The van der Waals surface area contributed by atoms with E-state index in [1.54, 1.807) is 0 Å². The van der Waals surface area contributed by atoms with Crippen LogP contribution >= 0.6 is 0 Å². The molecule has 0 radical (unpaired) electrons. The third-order valence-electron chi connectivity index (χ3n) is 6.19. The van der Waals surface area contributed by atoms with Crippen molar-refractivity contribution in [2.24, 2.45) is 0 Å². The van der Waals surface area contributed by atoms with Crippen molar-refractivity contribution >= 4 is 29.7 Å². The van der Waals surface area contributed by atoms with Gasteiger partial charge in [-0.2, -0.15) is 0 Å². The lowest BCUT2D eigenvalue weighted by Crippen LogP contribution is -2.51. The minimum absolute atomic E-state index is 0.0268. The molecule has 0 aliphatic carbocycles. The van der Waals surface area contributed by atoms with Crippen molar-refractivity contribution in [3.63, 3.8) is 0 Å². The molecule has 1 fully saturated rings. The van der Waals surface area contributed by atoms with Gasteiger partial charge in [0.2, 0.25) is 11.6 Å². The highest BCUT2D eigenvalue weighted by molar-refractivity contribution is 5.95. The van der Waals surface area contributed by atoms with Crippen LogP contribution in [0.4, 0.5) is 5.69 Å². The van der Waals surface area contributed by atoms with E-state index in [1.165, 1.54) is 9.58 Å². The number of aromatic amines is 1. The highest BCUT2D eigenvalue weighted by atomic mass is 16.5. The lowest BCUT2D eigenvalue weighted by molar-refractivity contribution is -0.678. The van der Waals surface area contributed by atoms with Gasteiger partial charge < -0.3 is 15.0 Å². The Morgan fingerprint density at radius 1 is 0.947 bits per heavy atom. The predicted octanol–water partition coefficient (Wildman–Crippen LogP) is 3.17. The maximum Gasteiger partial charge on any atom is 0.432 e. The summed E-state index contributed by atoms with van der Waals surface area (Å²) in [6.45, 7) is 0.584. The van der Waals surface area contributed by atoms with Crippen LogP contribution < -0.4 is 15.6 Å². The lowest BCUT2D eigenvalue weighted by Gasteiger charge is -2.30. The van der Waals surface area contributed by atoms with E-state index in [-0.39, 0.29) is 37.1 Å². The fourth-order valence-electron chi connectivity index (χ4n) is 4.20. The van der Waals surface area contributed by atoms with Gasteiger partial charge in [-0.15, -0.1) is 0 Å². The SMILES string of the molecule is O=C(CC1OCCN(Cc2c(=O)o[nH][n+]2-c2ccccc2)C1=O)Nc1ccc(/C=C/c2ccccc2)cc1. The molecule has 1 atom stereocenters. The number of para-hydroxylation sites is 1. The fraction of sp³-hybridized carbons (Fsp3) is 0.172. The number of carbonyl (C=O) groups is 2. The van der Waals surface area contributed by atoms with Crippen LogP contribution in [0.15, 0.2) is 94.2 Å². The van der Waals surface area contributed by atoms with E-state index in [9.17, 15) is 14.4 Å². The number of aromatic nitrogens is 2. The van der Waals surface area contributed by atoms with E-state index < -0.39 is 11.7 Å². The van der Waals surface area contributed by atoms with Crippen LogP contribution in [0.25, 0.3) is 17.8 Å². The second-order valence-electron chi connectivity index (χ2n) is 8.84. The highest BCUT2D eigenvalue weighted by Crippen LogP contribution is 2.16. The van der Waals surface area contributed by atoms with Crippen LogP contribution in [0.2, 0.25) is 0 Å². The molecule has 9 nitrogen and oxygen atoms in total. The van der Waals surface area contributed by atoms with Crippen molar-refractivity contribution in [1.82, 2.24) is 10.2 Å². The summed E-state index contributed by atoms with van der Waals surface area (Å²) < 4.78 is 12.1. The molecule has 5 rings (SSSR count). The zero-order valence-electron chi connectivity index (χ0n) is 20.6. The Balaban J connectivity index is 1.19. The standard InChI is InChI=1S/C29H26N4O5/c34-27(30-23-15-13-22(14-16-23)12-11-21-7-3-1-4-8-21)19-26-28(35)32(17-18-37-26)20-25-29(36)38-31-33(25)24-9-5-2-6-10-24/h1-16,26H,17-20H2,(H-,30,31,34,36)/p+1/b12-11+. The van der Waals surface area contributed by atoms with Gasteiger partial charge in [-0.25, -0.2) is 4.79 Å². The van der Waals surface area contributed by atoms with Gasteiger partial charge in [0, 0.05) is 24.4 Å². The van der Waals surface area contributed by atoms with E-state index in [2.05, 4.69) is 10.6 Å². The number of hydrogen-bond donors (Lipinski definition) is 2. The molecule has 0 bridgehead atoms. The average molecular weight is 512 g/mol. The topological polar surface area (TPSA) is 109 Å². The van der Waals surface area contributed by atoms with Crippen LogP contribution in [-0.2, 0) is 20.9 Å². The number of benzene rings is 3. The minimum Gasteiger partial charge on any atom is -0.366 e. The van der Waals surface area contributed by atoms with Crippen LogP contribution in [0.3, 0.4) is 0 Å². The third-order valence-corrected chi connectivity index (χ3v) is 6.19. The van der Waals surface area contributed by atoms with E-state index >= 15 is 0 Å². The van der Waals surface area contributed by atoms with Crippen molar-refractivity contribution in [2.45, 2.75) is 19.1 Å². The van der Waals surface area contributed by atoms with E-state index in [0.29, 0.717) is 17.9 Å². The summed E-state index contributed by atoms with van der Waals surface area (Å²) in [5.74, 6) is -0.689. The van der Waals surface area contributed by atoms with Crippen LogP contribution in [0.1, 0.15) is 23.2 Å². The molecular formula is C29H27N4O5+. The summed E-state index contributed by atoms with van der Waals surface area (Å²) in [7, 11) is 0. The Hall–Kier alpha value is -4.76. The largest absolute Gasteiger partial charge is 0.432 e. The molecule has 0 saturated carbocycles. The quantitative estimate of drug-likeness (QED) is 0.279. The molecule has 2 N–H and O–H groups in total. The van der Waals surface area contributed by atoms with E-state index in [0.717, 1.165) is 11.1 Å². The molecule has 192 valence electrons. The maximum atomic E-state index is 13.1. The number of nitrogens with zero attached hydrogens (tertiary/aromatic N) is 2. The number of carbonyl (C=O) groups excluding carboxylic acids is 2. The Bertz CT molecular complexity index is 1480. The number of ether oxygens (including phenoxy) is 1. The van der Waals surface area contributed by atoms with Crippen molar-refractivity contribution < 1.29 is 23.5 Å². The Labute approximate surface area is 218 Å². The fourth-order valence-corrected chi connectivity index (χ4v) is 4.20. The normalized spacial score (nSPS) is 15.6.